The zero-order chi connectivity index (χ0) is 17.1. The first-order valence-corrected chi connectivity index (χ1v) is 7.77. The second-order valence-electron chi connectivity index (χ2n) is 5.78. The molecule has 1 saturated heterocycles. The van der Waals surface area contributed by atoms with Crippen molar-refractivity contribution in [2.45, 2.75) is 38.3 Å². The van der Waals surface area contributed by atoms with Crippen LogP contribution in [-0.4, -0.2) is 36.4 Å². The van der Waals surface area contributed by atoms with Crippen molar-refractivity contribution >= 4 is 12.4 Å². The minimum absolute atomic E-state index is 0. The second-order valence-corrected chi connectivity index (χ2v) is 5.78. The average Bonchev–Trinajstić information content (AvgIpc) is 3.05. The number of hydrogen-bond donors (Lipinski definition) is 1. The standard InChI is InChI=1S/C16H19F2N3O3.ClH/c1-9-7-11(5-6-19-9)15-20-14(21-24-15)10-3-4-12(23-16(17)18)13(8-10)22-2;/h3-4,8-9,11,16,19H,5-7H2,1-2H3;1H/t9-,11-;/m0./s1. The number of aromatic nitrogens is 2. The molecule has 6 nitrogen and oxygen atoms in total. The molecule has 1 N–H and O–H groups in total. The lowest BCUT2D eigenvalue weighted by molar-refractivity contribution is -0.0512. The van der Waals surface area contributed by atoms with Crippen LogP contribution in [0.5, 0.6) is 11.5 Å². The summed E-state index contributed by atoms with van der Waals surface area (Å²) in [7, 11) is 1.38. The maximum absolute atomic E-state index is 12.4. The van der Waals surface area contributed by atoms with Crippen molar-refractivity contribution in [2.24, 2.45) is 0 Å². The summed E-state index contributed by atoms with van der Waals surface area (Å²) in [5, 5.41) is 7.38. The van der Waals surface area contributed by atoms with Crippen LogP contribution in [0.25, 0.3) is 11.4 Å². The molecule has 2 heterocycles. The van der Waals surface area contributed by atoms with Gasteiger partial charge in [-0.1, -0.05) is 5.16 Å². The summed E-state index contributed by atoms with van der Waals surface area (Å²) < 4.78 is 39.7. The Kier molecular flexibility index (Phi) is 6.55. The Bertz CT molecular complexity index is 699. The summed E-state index contributed by atoms with van der Waals surface area (Å²) in [6, 6.07) is 4.96. The van der Waals surface area contributed by atoms with Crippen LogP contribution >= 0.6 is 12.4 Å². The first kappa shape index (κ1) is 19.4. The van der Waals surface area contributed by atoms with Crippen LogP contribution in [0.1, 0.15) is 31.6 Å². The van der Waals surface area contributed by atoms with Gasteiger partial charge in [0, 0.05) is 17.5 Å². The number of nitrogens with zero attached hydrogens (tertiary/aromatic N) is 2. The summed E-state index contributed by atoms with van der Waals surface area (Å²) in [6.45, 7) is 0.121. The zero-order valence-electron chi connectivity index (χ0n) is 13.9. The van der Waals surface area contributed by atoms with Crippen LogP contribution in [0.4, 0.5) is 8.78 Å². The second kappa shape index (κ2) is 8.44. The van der Waals surface area contributed by atoms with E-state index in [2.05, 4.69) is 27.1 Å². The highest BCUT2D eigenvalue weighted by Crippen LogP contribution is 2.34. The van der Waals surface area contributed by atoms with Crippen molar-refractivity contribution < 1.29 is 22.8 Å². The van der Waals surface area contributed by atoms with E-state index in [1.165, 1.54) is 13.2 Å². The Morgan fingerprint density at radius 3 is 2.80 bits per heavy atom. The molecule has 0 spiro atoms. The topological polar surface area (TPSA) is 69.4 Å². The summed E-state index contributed by atoms with van der Waals surface area (Å²) >= 11 is 0. The molecule has 0 aliphatic carbocycles. The Balaban J connectivity index is 0.00000225. The van der Waals surface area contributed by atoms with Crippen LogP contribution in [0.3, 0.4) is 0 Å². The van der Waals surface area contributed by atoms with Crippen molar-refractivity contribution in [1.29, 1.82) is 0 Å². The minimum Gasteiger partial charge on any atom is -0.493 e. The molecule has 138 valence electrons. The van der Waals surface area contributed by atoms with Gasteiger partial charge in [-0.25, -0.2) is 0 Å². The summed E-state index contributed by atoms with van der Waals surface area (Å²) in [4.78, 5) is 4.45. The van der Waals surface area contributed by atoms with Gasteiger partial charge in [0.05, 0.1) is 7.11 Å². The number of rotatable bonds is 5. The molecule has 3 rings (SSSR count). The van der Waals surface area contributed by atoms with Crippen LogP contribution in [0, 0.1) is 0 Å². The third kappa shape index (κ3) is 4.58. The number of nitrogens with one attached hydrogen (secondary N) is 1. The lowest BCUT2D eigenvalue weighted by atomic mass is 9.93. The van der Waals surface area contributed by atoms with Gasteiger partial charge in [-0.05, 0) is 44.5 Å². The number of hydrogen-bond acceptors (Lipinski definition) is 6. The molecular formula is C16H20ClF2N3O3. The fourth-order valence-corrected chi connectivity index (χ4v) is 2.87. The van der Waals surface area contributed by atoms with Crippen molar-refractivity contribution in [1.82, 2.24) is 15.5 Å². The Morgan fingerprint density at radius 1 is 1.32 bits per heavy atom. The van der Waals surface area contributed by atoms with Crippen LogP contribution in [0.15, 0.2) is 22.7 Å². The average molecular weight is 376 g/mol. The maximum Gasteiger partial charge on any atom is 0.387 e. The van der Waals surface area contributed by atoms with Gasteiger partial charge in [-0.2, -0.15) is 13.8 Å². The molecular weight excluding hydrogens is 356 g/mol. The predicted octanol–water partition coefficient (Wildman–Crippen LogP) is 3.62. The molecule has 1 aromatic carbocycles. The molecule has 1 fully saturated rings. The normalized spacial score (nSPS) is 20.2. The number of alkyl halides is 2. The van der Waals surface area contributed by atoms with Crippen LogP contribution in [-0.2, 0) is 0 Å². The fourth-order valence-electron chi connectivity index (χ4n) is 2.87. The first-order valence-electron chi connectivity index (χ1n) is 7.77. The summed E-state index contributed by atoms with van der Waals surface area (Å²) in [5.41, 5.74) is 0.616. The first-order chi connectivity index (χ1) is 11.6. The highest BCUT2D eigenvalue weighted by Gasteiger charge is 2.25. The molecule has 0 saturated carbocycles. The van der Waals surface area contributed by atoms with E-state index in [1.807, 2.05) is 0 Å². The number of benzene rings is 1. The van der Waals surface area contributed by atoms with E-state index in [9.17, 15) is 8.78 Å². The third-order valence-electron chi connectivity index (χ3n) is 4.05. The van der Waals surface area contributed by atoms with E-state index >= 15 is 0 Å². The molecule has 1 aliphatic heterocycles. The quantitative estimate of drug-likeness (QED) is 0.860. The molecule has 0 radical (unpaired) electrons. The molecule has 0 amide bonds. The van der Waals surface area contributed by atoms with Gasteiger partial charge in [0.2, 0.25) is 11.7 Å². The molecule has 1 aromatic heterocycles. The van der Waals surface area contributed by atoms with Crippen molar-refractivity contribution in [3.63, 3.8) is 0 Å². The van der Waals surface area contributed by atoms with E-state index in [-0.39, 0.29) is 29.8 Å². The highest BCUT2D eigenvalue weighted by atomic mass is 35.5. The Morgan fingerprint density at radius 2 is 2.12 bits per heavy atom. The smallest absolute Gasteiger partial charge is 0.387 e. The predicted molar refractivity (Wildman–Crippen MR) is 89.6 cm³/mol. The Hall–Kier alpha value is -1.93. The maximum atomic E-state index is 12.4. The van der Waals surface area contributed by atoms with Gasteiger partial charge in [0.15, 0.2) is 11.5 Å². The highest BCUT2D eigenvalue weighted by molar-refractivity contribution is 5.85. The van der Waals surface area contributed by atoms with Gasteiger partial charge < -0.3 is 19.3 Å². The van der Waals surface area contributed by atoms with Crippen LogP contribution in [0.2, 0.25) is 0 Å². The molecule has 2 atom stereocenters. The lowest BCUT2D eigenvalue weighted by Gasteiger charge is -2.25. The largest absolute Gasteiger partial charge is 0.493 e. The van der Waals surface area contributed by atoms with E-state index in [1.54, 1.807) is 12.1 Å². The van der Waals surface area contributed by atoms with Crippen molar-refractivity contribution in [3.8, 4) is 22.9 Å². The van der Waals surface area contributed by atoms with E-state index in [0.717, 1.165) is 19.4 Å². The van der Waals surface area contributed by atoms with Gasteiger partial charge in [-0.3, -0.25) is 0 Å². The number of ether oxygens (including phenoxy) is 2. The van der Waals surface area contributed by atoms with Crippen LogP contribution < -0.4 is 14.8 Å². The number of halogens is 3. The monoisotopic (exact) mass is 375 g/mol. The van der Waals surface area contributed by atoms with Gasteiger partial charge in [0.25, 0.3) is 0 Å². The summed E-state index contributed by atoms with van der Waals surface area (Å²) in [5.74, 6) is 1.39. The fraction of sp³-hybridized carbons (Fsp3) is 0.500. The Labute approximate surface area is 150 Å². The molecule has 1 aliphatic rings. The number of piperidine rings is 1. The molecule has 0 bridgehead atoms. The molecule has 9 heteroatoms. The third-order valence-corrected chi connectivity index (χ3v) is 4.05. The van der Waals surface area contributed by atoms with Crippen molar-refractivity contribution in [3.05, 3.63) is 24.1 Å². The molecule has 2 aromatic rings. The summed E-state index contributed by atoms with van der Waals surface area (Å²) in [6.07, 6.45) is 1.88. The minimum atomic E-state index is -2.91. The molecule has 25 heavy (non-hydrogen) atoms. The SMILES string of the molecule is COc1cc(-c2noc([C@H]3CCN[C@@H](C)C3)n2)ccc1OC(F)F.Cl. The van der Waals surface area contributed by atoms with Crippen molar-refractivity contribution in [2.75, 3.05) is 13.7 Å². The van der Waals surface area contributed by atoms with E-state index < -0.39 is 6.61 Å². The van der Waals surface area contributed by atoms with Gasteiger partial charge >= 0.3 is 6.61 Å². The number of methoxy groups -OCH3 is 1. The van der Waals surface area contributed by atoms with E-state index in [4.69, 9.17) is 9.26 Å². The lowest BCUT2D eigenvalue weighted by Crippen LogP contribution is -2.34. The molecule has 0 unspecified atom stereocenters. The van der Waals surface area contributed by atoms with Gasteiger partial charge in [-0.15, -0.1) is 12.4 Å². The van der Waals surface area contributed by atoms with E-state index in [0.29, 0.717) is 23.3 Å². The zero-order valence-corrected chi connectivity index (χ0v) is 14.7. The van der Waals surface area contributed by atoms with Gasteiger partial charge in [0.1, 0.15) is 0 Å².